The van der Waals surface area contributed by atoms with Crippen molar-refractivity contribution in [2.75, 3.05) is 30.3 Å². The van der Waals surface area contributed by atoms with Crippen molar-refractivity contribution in [3.8, 4) is 0 Å². The number of nitrogens with one attached hydrogen (secondary N) is 2. The van der Waals surface area contributed by atoms with Gasteiger partial charge in [0, 0.05) is 18.5 Å². The molecule has 2 N–H and O–H groups in total. The van der Waals surface area contributed by atoms with E-state index in [4.69, 9.17) is 5.10 Å². The number of thioether (sulfide) groups is 1. The summed E-state index contributed by atoms with van der Waals surface area (Å²) in [6, 6.07) is 0.391. The first-order valence-corrected chi connectivity index (χ1v) is 9.75. The molecule has 0 spiro atoms. The van der Waals surface area contributed by atoms with Crippen LogP contribution in [0.2, 0.25) is 0 Å². The second-order valence-corrected chi connectivity index (χ2v) is 7.50. The molecule has 0 unspecified atom stereocenters. The molecule has 9 nitrogen and oxygen atoms in total. The molecule has 3 aromatic heterocycles. The van der Waals surface area contributed by atoms with Gasteiger partial charge in [-0.25, -0.2) is 15.0 Å². The largest absolute Gasteiger partial charge is 0.340 e. The second-order valence-electron chi connectivity index (χ2n) is 6.36. The highest BCUT2D eigenvalue weighted by Crippen LogP contribution is 2.33. The quantitative estimate of drug-likeness (QED) is 0.680. The van der Waals surface area contributed by atoms with Crippen LogP contribution in [0.5, 0.6) is 0 Å². The molecule has 3 aromatic rings. The van der Waals surface area contributed by atoms with Crippen molar-refractivity contribution in [2.24, 2.45) is 0 Å². The Labute approximate surface area is 166 Å². The standard InChI is InChI=1S/C16H19N9S.ClH/c1-3-17-4-2-11(1)25-22-7-12(23-25)13-8-24(5-6-26-13)16-14-15(19-9-18-14)20-10-21-16;/h7-11,17H,1-6H2,(H,18,19,20,21);1H. The van der Waals surface area contributed by atoms with Crippen LogP contribution in [0, 0.1) is 0 Å². The molecule has 0 atom stereocenters. The molecule has 0 aromatic carbocycles. The molecule has 0 saturated carbocycles. The average molecular weight is 406 g/mol. The molecule has 5 heterocycles. The number of hydrogen-bond donors (Lipinski definition) is 2. The predicted octanol–water partition coefficient (Wildman–Crippen LogP) is 1.84. The van der Waals surface area contributed by atoms with Crippen LogP contribution >= 0.6 is 24.2 Å². The van der Waals surface area contributed by atoms with E-state index in [-0.39, 0.29) is 12.4 Å². The van der Waals surface area contributed by atoms with Gasteiger partial charge < -0.3 is 15.2 Å². The number of aromatic amines is 1. The lowest BCUT2D eigenvalue weighted by molar-refractivity contribution is 0.313. The van der Waals surface area contributed by atoms with Gasteiger partial charge >= 0.3 is 0 Å². The molecule has 11 heteroatoms. The molecule has 27 heavy (non-hydrogen) atoms. The average Bonchev–Trinajstić information content (AvgIpc) is 3.38. The second kappa shape index (κ2) is 7.83. The van der Waals surface area contributed by atoms with Gasteiger partial charge in [-0.15, -0.1) is 24.2 Å². The number of hydrogen-bond acceptors (Lipinski definition) is 8. The Kier molecular flexibility index (Phi) is 5.28. The maximum Gasteiger partial charge on any atom is 0.182 e. The van der Waals surface area contributed by atoms with Gasteiger partial charge in [-0.1, -0.05) is 0 Å². The van der Waals surface area contributed by atoms with Crippen LogP contribution < -0.4 is 10.2 Å². The molecule has 0 aliphatic carbocycles. The minimum absolute atomic E-state index is 0. The molecule has 0 bridgehead atoms. The maximum absolute atomic E-state index is 4.75. The molecule has 142 valence electrons. The van der Waals surface area contributed by atoms with E-state index in [9.17, 15) is 0 Å². The van der Waals surface area contributed by atoms with Crippen molar-refractivity contribution in [3.05, 3.63) is 30.7 Å². The van der Waals surface area contributed by atoms with Gasteiger partial charge in [0.25, 0.3) is 0 Å². The summed E-state index contributed by atoms with van der Waals surface area (Å²) in [5.41, 5.74) is 2.46. The molecule has 0 radical (unpaired) electrons. The van der Waals surface area contributed by atoms with Gasteiger partial charge in [-0.2, -0.15) is 15.0 Å². The Morgan fingerprint density at radius 2 is 2.04 bits per heavy atom. The Bertz CT molecular complexity index is 946. The number of H-pyrrole nitrogens is 1. The first kappa shape index (κ1) is 18.2. The Balaban J connectivity index is 0.00000180. The van der Waals surface area contributed by atoms with Crippen LogP contribution in [-0.2, 0) is 0 Å². The van der Waals surface area contributed by atoms with Crippen LogP contribution in [0.4, 0.5) is 5.82 Å². The van der Waals surface area contributed by atoms with E-state index in [1.807, 2.05) is 11.0 Å². The number of anilines is 1. The van der Waals surface area contributed by atoms with Gasteiger partial charge in [0.15, 0.2) is 11.5 Å². The van der Waals surface area contributed by atoms with Crippen molar-refractivity contribution in [1.29, 1.82) is 0 Å². The fraction of sp³-hybridized carbons (Fsp3) is 0.438. The summed E-state index contributed by atoms with van der Waals surface area (Å²) >= 11 is 1.80. The van der Waals surface area contributed by atoms with Crippen molar-refractivity contribution in [3.63, 3.8) is 0 Å². The minimum atomic E-state index is 0. The number of halogens is 1. The van der Waals surface area contributed by atoms with Gasteiger partial charge in [-0.3, -0.25) is 0 Å². The number of nitrogens with zero attached hydrogens (tertiary/aromatic N) is 7. The summed E-state index contributed by atoms with van der Waals surface area (Å²) in [5.74, 6) is 1.81. The molecule has 1 fully saturated rings. The Morgan fingerprint density at radius 1 is 1.15 bits per heavy atom. The highest BCUT2D eigenvalue weighted by atomic mass is 35.5. The number of aromatic nitrogens is 7. The van der Waals surface area contributed by atoms with Gasteiger partial charge in [-0.05, 0) is 25.9 Å². The van der Waals surface area contributed by atoms with Crippen LogP contribution in [0.15, 0.2) is 25.1 Å². The smallest absolute Gasteiger partial charge is 0.182 e. The molecular formula is C16H20ClN9S. The zero-order valence-electron chi connectivity index (χ0n) is 14.6. The van der Waals surface area contributed by atoms with Gasteiger partial charge in [0.1, 0.15) is 17.5 Å². The summed E-state index contributed by atoms with van der Waals surface area (Å²) in [6.07, 6.45) is 9.33. The molecule has 5 rings (SSSR count). The molecule has 2 aliphatic rings. The van der Waals surface area contributed by atoms with Gasteiger partial charge in [0.05, 0.1) is 23.5 Å². The Morgan fingerprint density at radius 3 is 2.93 bits per heavy atom. The highest BCUT2D eigenvalue weighted by molar-refractivity contribution is 8.08. The number of piperidine rings is 1. The predicted molar refractivity (Wildman–Crippen MR) is 108 cm³/mol. The first-order chi connectivity index (χ1) is 12.9. The minimum Gasteiger partial charge on any atom is -0.340 e. The zero-order valence-corrected chi connectivity index (χ0v) is 16.2. The van der Waals surface area contributed by atoms with Crippen LogP contribution in [0.1, 0.15) is 24.6 Å². The van der Waals surface area contributed by atoms with Crippen molar-refractivity contribution < 1.29 is 0 Å². The molecular weight excluding hydrogens is 386 g/mol. The first-order valence-electron chi connectivity index (χ1n) is 8.77. The van der Waals surface area contributed by atoms with Crippen LogP contribution in [0.3, 0.4) is 0 Å². The number of rotatable bonds is 3. The Hall–Kier alpha value is -2.17. The summed E-state index contributed by atoms with van der Waals surface area (Å²) in [5, 5.41) is 12.6. The summed E-state index contributed by atoms with van der Waals surface area (Å²) < 4.78 is 0. The summed E-state index contributed by atoms with van der Waals surface area (Å²) in [4.78, 5) is 21.1. The third-order valence-corrected chi connectivity index (χ3v) is 5.75. The molecule has 1 saturated heterocycles. The third-order valence-electron chi connectivity index (χ3n) is 4.73. The van der Waals surface area contributed by atoms with Crippen LogP contribution in [-0.4, -0.2) is 60.3 Å². The topological polar surface area (TPSA) is 100 Å². The van der Waals surface area contributed by atoms with Crippen molar-refractivity contribution >= 4 is 46.1 Å². The van der Waals surface area contributed by atoms with E-state index in [2.05, 4.69) is 41.5 Å². The zero-order chi connectivity index (χ0) is 17.3. The lowest BCUT2D eigenvalue weighted by atomic mass is 10.1. The molecule has 2 aliphatic heterocycles. The maximum atomic E-state index is 4.75. The monoisotopic (exact) mass is 405 g/mol. The highest BCUT2D eigenvalue weighted by Gasteiger charge is 2.22. The van der Waals surface area contributed by atoms with E-state index in [1.165, 1.54) is 0 Å². The van der Waals surface area contributed by atoms with Crippen molar-refractivity contribution in [2.45, 2.75) is 18.9 Å². The SMILES string of the molecule is C1=C(c2cnn(C3CCNCC3)n2)SCCN1c1ncnc2nc[nH]c12.Cl. The van der Waals surface area contributed by atoms with E-state index in [0.717, 1.165) is 60.2 Å². The molecule has 0 amide bonds. The van der Waals surface area contributed by atoms with Gasteiger partial charge in [0.2, 0.25) is 0 Å². The van der Waals surface area contributed by atoms with E-state index >= 15 is 0 Å². The van der Waals surface area contributed by atoms with E-state index < -0.39 is 0 Å². The fourth-order valence-electron chi connectivity index (χ4n) is 3.38. The normalized spacial score (nSPS) is 18.4. The summed E-state index contributed by atoms with van der Waals surface area (Å²) in [6.45, 7) is 2.93. The van der Waals surface area contributed by atoms with E-state index in [0.29, 0.717) is 11.7 Å². The fourth-order valence-corrected chi connectivity index (χ4v) is 4.33. The summed E-state index contributed by atoms with van der Waals surface area (Å²) in [7, 11) is 0. The van der Waals surface area contributed by atoms with Crippen LogP contribution in [0.25, 0.3) is 16.1 Å². The van der Waals surface area contributed by atoms with E-state index in [1.54, 1.807) is 24.4 Å². The number of imidazole rings is 1. The lowest BCUT2D eigenvalue weighted by Crippen LogP contribution is -2.30. The lowest BCUT2D eigenvalue weighted by Gasteiger charge is -2.25. The van der Waals surface area contributed by atoms with Crippen molar-refractivity contribution in [1.82, 2.24) is 40.2 Å². The third kappa shape index (κ3) is 3.52. The number of fused-ring (bicyclic) bond motifs is 1.